The van der Waals surface area contributed by atoms with Gasteiger partial charge in [0.25, 0.3) is 0 Å². The van der Waals surface area contributed by atoms with Crippen molar-refractivity contribution in [2.75, 3.05) is 13.1 Å². The quantitative estimate of drug-likeness (QED) is 0.753. The maximum atomic E-state index is 9.80. The topological polar surface area (TPSA) is 63.0 Å². The minimum atomic E-state index is -0.406. The zero-order valence-electron chi connectivity index (χ0n) is 9.39. The molecule has 88 valence electrons. The first kappa shape index (κ1) is 10.2. The lowest BCUT2D eigenvalue weighted by Gasteiger charge is -2.20. The van der Waals surface area contributed by atoms with Gasteiger partial charge in [-0.3, -0.25) is 0 Å². The number of fused-ring (bicyclic) bond motifs is 1. The number of nitrogens with zero attached hydrogens (tertiary/aromatic N) is 3. The zero-order chi connectivity index (χ0) is 11.0. The molecule has 0 aliphatic carbocycles. The zero-order valence-corrected chi connectivity index (χ0v) is 9.39. The van der Waals surface area contributed by atoms with Crippen molar-refractivity contribution >= 4 is 0 Å². The van der Waals surface area contributed by atoms with Crippen LogP contribution in [-0.2, 0) is 13.0 Å². The van der Waals surface area contributed by atoms with E-state index in [9.17, 15) is 5.11 Å². The van der Waals surface area contributed by atoms with Crippen LogP contribution in [0.25, 0.3) is 0 Å². The molecule has 2 aliphatic heterocycles. The van der Waals surface area contributed by atoms with Gasteiger partial charge in [0.1, 0.15) is 11.9 Å². The van der Waals surface area contributed by atoms with Crippen molar-refractivity contribution in [1.29, 1.82) is 0 Å². The van der Waals surface area contributed by atoms with Gasteiger partial charge in [-0.15, -0.1) is 10.2 Å². The van der Waals surface area contributed by atoms with Crippen LogP contribution in [0, 0.1) is 5.92 Å². The first-order valence-corrected chi connectivity index (χ1v) is 6.15. The van der Waals surface area contributed by atoms with E-state index in [2.05, 4.69) is 20.1 Å². The fourth-order valence-corrected chi connectivity index (χ4v) is 2.71. The summed E-state index contributed by atoms with van der Waals surface area (Å²) in [6.45, 7) is 3.17. The third kappa shape index (κ3) is 1.74. The van der Waals surface area contributed by atoms with Gasteiger partial charge < -0.3 is 15.0 Å². The van der Waals surface area contributed by atoms with Crippen LogP contribution in [0.3, 0.4) is 0 Å². The number of aliphatic hydroxyl groups excluding tert-OH is 1. The highest BCUT2D eigenvalue weighted by atomic mass is 16.3. The van der Waals surface area contributed by atoms with Gasteiger partial charge in [0.05, 0.1) is 0 Å². The fourth-order valence-electron chi connectivity index (χ4n) is 2.71. The SMILES string of the molecule is OC1CCCn2c(CC3CCNC3)nnc21. The van der Waals surface area contributed by atoms with Gasteiger partial charge in [-0.05, 0) is 38.3 Å². The number of aliphatic hydroxyl groups is 1. The molecule has 5 heteroatoms. The minimum absolute atomic E-state index is 0.406. The van der Waals surface area contributed by atoms with Crippen LogP contribution in [0.2, 0.25) is 0 Å². The lowest BCUT2D eigenvalue weighted by atomic mass is 10.0. The highest BCUT2D eigenvalue weighted by Crippen LogP contribution is 2.25. The van der Waals surface area contributed by atoms with Crippen LogP contribution in [0.5, 0.6) is 0 Å². The predicted molar refractivity (Wildman–Crippen MR) is 58.9 cm³/mol. The van der Waals surface area contributed by atoms with Crippen molar-refractivity contribution in [3.05, 3.63) is 11.6 Å². The molecule has 5 nitrogen and oxygen atoms in total. The number of hydrogen-bond donors (Lipinski definition) is 2. The normalized spacial score (nSPS) is 29.3. The number of aromatic nitrogens is 3. The molecule has 0 spiro atoms. The van der Waals surface area contributed by atoms with Crippen molar-refractivity contribution in [2.24, 2.45) is 5.92 Å². The van der Waals surface area contributed by atoms with Crippen LogP contribution in [0.15, 0.2) is 0 Å². The van der Waals surface area contributed by atoms with Gasteiger partial charge >= 0.3 is 0 Å². The number of hydrogen-bond acceptors (Lipinski definition) is 4. The molecule has 2 N–H and O–H groups in total. The van der Waals surface area contributed by atoms with Crippen molar-refractivity contribution < 1.29 is 5.11 Å². The first-order chi connectivity index (χ1) is 7.84. The van der Waals surface area contributed by atoms with E-state index < -0.39 is 6.10 Å². The third-order valence-electron chi connectivity index (χ3n) is 3.65. The number of nitrogens with one attached hydrogen (secondary N) is 1. The van der Waals surface area contributed by atoms with E-state index in [1.807, 2.05) is 0 Å². The summed E-state index contributed by atoms with van der Waals surface area (Å²) in [5.41, 5.74) is 0. The highest BCUT2D eigenvalue weighted by molar-refractivity contribution is 5.03. The molecular formula is C11H18N4O. The lowest BCUT2D eigenvalue weighted by Crippen LogP contribution is -2.19. The Morgan fingerprint density at radius 1 is 1.38 bits per heavy atom. The minimum Gasteiger partial charge on any atom is -0.385 e. The van der Waals surface area contributed by atoms with Crippen molar-refractivity contribution in [2.45, 2.75) is 38.3 Å². The van der Waals surface area contributed by atoms with Gasteiger partial charge in [0, 0.05) is 13.0 Å². The largest absolute Gasteiger partial charge is 0.385 e. The lowest BCUT2D eigenvalue weighted by molar-refractivity contribution is 0.132. The summed E-state index contributed by atoms with van der Waals surface area (Å²) in [6.07, 6.45) is 3.67. The van der Waals surface area contributed by atoms with Crippen LogP contribution in [0.1, 0.15) is 37.0 Å². The van der Waals surface area contributed by atoms with Crippen molar-refractivity contribution in [3.8, 4) is 0 Å². The van der Waals surface area contributed by atoms with Gasteiger partial charge in [0.15, 0.2) is 5.82 Å². The Kier molecular flexibility index (Phi) is 2.65. The summed E-state index contributed by atoms with van der Waals surface area (Å²) >= 11 is 0. The average molecular weight is 222 g/mol. The molecule has 0 aromatic carbocycles. The van der Waals surface area contributed by atoms with Crippen molar-refractivity contribution in [3.63, 3.8) is 0 Å². The smallest absolute Gasteiger partial charge is 0.161 e. The van der Waals surface area contributed by atoms with Gasteiger partial charge in [0.2, 0.25) is 0 Å². The summed E-state index contributed by atoms with van der Waals surface area (Å²) in [5, 5.41) is 21.5. The molecule has 2 aliphatic rings. The molecule has 0 saturated carbocycles. The molecule has 1 aromatic heterocycles. The van der Waals surface area contributed by atoms with E-state index in [0.717, 1.165) is 50.5 Å². The summed E-state index contributed by atoms with van der Waals surface area (Å²) in [5.74, 6) is 2.52. The summed E-state index contributed by atoms with van der Waals surface area (Å²) < 4.78 is 2.12. The van der Waals surface area contributed by atoms with Crippen LogP contribution in [-0.4, -0.2) is 33.0 Å². The standard InChI is InChI=1S/C11H18N4O/c16-9-2-1-5-15-10(13-14-11(9)15)6-8-3-4-12-7-8/h8-9,12,16H,1-7H2. The maximum absolute atomic E-state index is 9.80. The van der Waals surface area contributed by atoms with Crippen molar-refractivity contribution in [1.82, 2.24) is 20.1 Å². The summed E-state index contributed by atoms with van der Waals surface area (Å²) in [7, 11) is 0. The second-order valence-electron chi connectivity index (χ2n) is 4.85. The van der Waals surface area contributed by atoms with E-state index >= 15 is 0 Å². The molecule has 3 rings (SSSR count). The molecule has 16 heavy (non-hydrogen) atoms. The van der Waals surface area contributed by atoms with Gasteiger partial charge in [-0.2, -0.15) is 0 Å². The van der Waals surface area contributed by atoms with E-state index in [1.54, 1.807) is 0 Å². The summed E-state index contributed by atoms with van der Waals surface area (Å²) in [4.78, 5) is 0. The molecule has 1 aromatic rings. The second kappa shape index (κ2) is 4.14. The summed E-state index contributed by atoms with van der Waals surface area (Å²) in [6, 6.07) is 0. The Balaban J connectivity index is 1.79. The third-order valence-corrected chi connectivity index (χ3v) is 3.65. The maximum Gasteiger partial charge on any atom is 0.161 e. The Morgan fingerprint density at radius 3 is 3.12 bits per heavy atom. The van der Waals surface area contributed by atoms with Crippen LogP contribution < -0.4 is 5.32 Å². The molecule has 0 radical (unpaired) electrons. The Labute approximate surface area is 94.9 Å². The molecule has 1 fully saturated rings. The molecular weight excluding hydrogens is 204 g/mol. The number of rotatable bonds is 2. The van der Waals surface area contributed by atoms with Crippen LogP contribution in [0.4, 0.5) is 0 Å². The Bertz CT molecular complexity index is 370. The molecule has 2 atom stereocenters. The van der Waals surface area contributed by atoms with E-state index in [1.165, 1.54) is 6.42 Å². The van der Waals surface area contributed by atoms with Gasteiger partial charge in [-0.1, -0.05) is 0 Å². The monoisotopic (exact) mass is 222 g/mol. The highest BCUT2D eigenvalue weighted by Gasteiger charge is 2.25. The first-order valence-electron chi connectivity index (χ1n) is 6.15. The molecule has 3 heterocycles. The van der Waals surface area contributed by atoms with Crippen LogP contribution >= 0.6 is 0 Å². The predicted octanol–water partition coefficient (Wildman–Crippen LogP) is 0.257. The Hall–Kier alpha value is -0.940. The van der Waals surface area contributed by atoms with E-state index in [-0.39, 0.29) is 0 Å². The molecule has 1 saturated heterocycles. The van der Waals surface area contributed by atoms with Gasteiger partial charge in [-0.25, -0.2) is 0 Å². The second-order valence-corrected chi connectivity index (χ2v) is 4.85. The fraction of sp³-hybridized carbons (Fsp3) is 0.818. The molecule has 0 amide bonds. The molecule has 2 unspecified atom stereocenters. The van der Waals surface area contributed by atoms with E-state index in [0.29, 0.717) is 5.92 Å². The molecule has 0 bridgehead atoms. The Morgan fingerprint density at radius 2 is 2.31 bits per heavy atom. The average Bonchev–Trinajstić information content (AvgIpc) is 2.90. The van der Waals surface area contributed by atoms with E-state index in [4.69, 9.17) is 0 Å².